The van der Waals surface area contributed by atoms with E-state index >= 15 is 0 Å². The van der Waals surface area contributed by atoms with Crippen LogP contribution < -0.4 is 5.32 Å². The number of rotatable bonds is 4. The molecule has 1 N–H and O–H groups in total. The van der Waals surface area contributed by atoms with Gasteiger partial charge in [0, 0.05) is 21.4 Å². The van der Waals surface area contributed by atoms with Crippen molar-refractivity contribution in [1.29, 1.82) is 0 Å². The van der Waals surface area contributed by atoms with Gasteiger partial charge >= 0.3 is 0 Å². The first-order valence-corrected chi connectivity index (χ1v) is 8.33. The Labute approximate surface area is 131 Å². The van der Waals surface area contributed by atoms with E-state index in [9.17, 15) is 0 Å². The van der Waals surface area contributed by atoms with E-state index in [0.717, 1.165) is 16.5 Å². The third-order valence-corrected chi connectivity index (χ3v) is 5.10. The van der Waals surface area contributed by atoms with Crippen molar-refractivity contribution in [2.24, 2.45) is 0 Å². The Balaban J connectivity index is 2.17. The maximum absolute atomic E-state index is 4.45. The Kier molecular flexibility index (Phi) is 4.15. The maximum atomic E-state index is 4.45. The number of hydrogen-bond donors (Lipinski definition) is 1. The summed E-state index contributed by atoms with van der Waals surface area (Å²) < 4.78 is 1.16. The number of halogens is 1. The van der Waals surface area contributed by atoms with Gasteiger partial charge in [0.05, 0.1) is 11.6 Å². The molecule has 4 heteroatoms. The number of thiophene rings is 1. The quantitative estimate of drug-likeness (QED) is 0.736. The lowest BCUT2D eigenvalue weighted by molar-refractivity contribution is 0.634. The van der Waals surface area contributed by atoms with Crippen molar-refractivity contribution in [3.63, 3.8) is 0 Å². The van der Waals surface area contributed by atoms with Gasteiger partial charge in [-0.2, -0.15) is 11.3 Å². The average Bonchev–Trinajstić information content (AvgIpc) is 2.90. The highest BCUT2D eigenvalue weighted by molar-refractivity contribution is 9.10. The van der Waals surface area contributed by atoms with Crippen LogP contribution in [0, 0.1) is 0 Å². The molecule has 1 atom stereocenters. The molecule has 2 aromatic heterocycles. The summed E-state index contributed by atoms with van der Waals surface area (Å²) in [6.45, 7) is 3.06. The zero-order valence-electron chi connectivity index (χ0n) is 11.1. The summed E-state index contributed by atoms with van der Waals surface area (Å²) >= 11 is 5.37. The van der Waals surface area contributed by atoms with E-state index in [2.05, 4.69) is 68.2 Å². The molecule has 0 saturated carbocycles. The Morgan fingerprint density at radius 3 is 2.85 bits per heavy atom. The Morgan fingerprint density at radius 2 is 2.10 bits per heavy atom. The number of aromatic nitrogens is 1. The molecule has 0 spiro atoms. The van der Waals surface area contributed by atoms with Gasteiger partial charge in [0.1, 0.15) is 0 Å². The van der Waals surface area contributed by atoms with E-state index in [4.69, 9.17) is 0 Å². The molecular formula is C16H15BrN2S. The highest BCUT2D eigenvalue weighted by Gasteiger charge is 2.18. The number of fused-ring (bicyclic) bond motifs is 1. The molecule has 0 amide bonds. The minimum absolute atomic E-state index is 0.188. The molecule has 3 rings (SSSR count). The van der Waals surface area contributed by atoms with Gasteiger partial charge < -0.3 is 5.32 Å². The van der Waals surface area contributed by atoms with Gasteiger partial charge in [0.25, 0.3) is 0 Å². The monoisotopic (exact) mass is 346 g/mol. The molecule has 102 valence electrons. The van der Waals surface area contributed by atoms with Gasteiger partial charge in [-0.25, -0.2) is 0 Å². The van der Waals surface area contributed by atoms with Gasteiger partial charge in [-0.1, -0.05) is 25.1 Å². The molecule has 20 heavy (non-hydrogen) atoms. The van der Waals surface area contributed by atoms with Crippen molar-refractivity contribution in [2.45, 2.75) is 13.0 Å². The van der Waals surface area contributed by atoms with E-state index in [1.54, 1.807) is 11.3 Å². The molecule has 0 aliphatic carbocycles. The van der Waals surface area contributed by atoms with Crippen LogP contribution >= 0.6 is 27.3 Å². The molecule has 0 radical (unpaired) electrons. The van der Waals surface area contributed by atoms with Gasteiger partial charge in [0.15, 0.2) is 0 Å². The number of nitrogens with zero attached hydrogens (tertiary/aromatic N) is 1. The van der Waals surface area contributed by atoms with Crippen LogP contribution in [0.5, 0.6) is 0 Å². The molecule has 1 aromatic carbocycles. The molecule has 1 unspecified atom stereocenters. The molecule has 3 aromatic rings. The van der Waals surface area contributed by atoms with Crippen LogP contribution in [-0.2, 0) is 0 Å². The minimum atomic E-state index is 0.188. The third-order valence-electron chi connectivity index (χ3n) is 3.35. The van der Waals surface area contributed by atoms with E-state index < -0.39 is 0 Å². The highest BCUT2D eigenvalue weighted by atomic mass is 79.9. The lowest BCUT2D eigenvalue weighted by Gasteiger charge is -2.20. The minimum Gasteiger partial charge on any atom is -0.306 e. The molecule has 2 heterocycles. The first-order valence-electron chi connectivity index (χ1n) is 6.60. The first kappa shape index (κ1) is 13.7. The van der Waals surface area contributed by atoms with Crippen molar-refractivity contribution in [1.82, 2.24) is 10.3 Å². The topological polar surface area (TPSA) is 24.9 Å². The van der Waals surface area contributed by atoms with E-state index in [-0.39, 0.29) is 6.04 Å². The number of pyridine rings is 1. The summed E-state index contributed by atoms with van der Waals surface area (Å²) in [6.07, 6.45) is 1.84. The molecule has 0 fully saturated rings. The van der Waals surface area contributed by atoms with Crippen LogP contribution in [0.25, 0.3) is 10.9 Å². The van der Waals surface area contributed by atoms with E-state index in [1.165, 1.54) is 16.5 Å². The summed E-state index contributed by atoms with van der Waals surface area (Å²) in [6, 6.07) is 10.6. The van der Waals surface area contributed by atoms with Crippen molar-refractivity contribution < 1.29 is 0 Å². The zero-order chi connectivity index (χ0) is 13.9. The summed E-state index contributed by atoms with van der Waals surface area (Å²) in [5.74, 6) is 0. The van der Waals surface area contributed by atoms with Crippen LogP contribution in [-0.4, -0.2) is 11.5 Å². The molecule has 0 bridgehead atoms. The van der Waals surface area contributed by atoms with Crippen molar-refractivity contribution >= 4 is 38.2 Å². The first-order chi connectivity index (χ1) is 9.81. The molecule has 0 saturated heterocycles. The maximum Gasteiger partial charge on any atom is 0.0705 e. The van der Waals surface area contributed by atoms with Crippen LogP contribution in [0.15, 0.2) is 51.8 Å². The summed E-state index contributed by atoms with van der Waals surface area (Å²) in [5.41, 5.74) is 3.60. The largest absolute Gasteiger partial charge is 0.306 e. The van der Waals surface area contributed by atoms with Gasteiger partial charge in [-0.05, 0) is 51.1 Å². The molecule has 0 aliphatic heterocycles. The third kappa shape index (κ3) is 2.51. The van der Waals surface area contributed by atoms with Gasteiger partial charge in [-0.15, -0.1) is 0 Å². The SMILES string of the molecule is CCNC(c1cscc1Br)c1cccc2ncccc12. The predicted molar refractivity (Wildman–Crippen MR) is 89.3 cm³/mol. The predicted octanol–water partition coefficient (Wildman–Crippen LogP) is 4.76. The van der Waals surface area contributed by atoms with E-state index in [0.29, 0.717) is 0 Å². The van der Waals surface area contributed by atoms with Crippen LogP contribution in [0.2, 0.25) is 0 Å². The van der Waals surface area contributed by atoms with Crippen molar-refractivity contribution in [3.05, 3.63) is 62.9 Å². The van der Waals surface area contributed by atoms with Gasteiger partial charge in [-0.3, -0.25) is 4.98 Å². The summed E-state index contributed by atoms with van der Waals surface area (Å²) in [7, 11) is 0. The second kappa shape index (κ2) is 6.04. The fraction of sp³-hybridized carbons (Fsp3) is 0.188. The Morgan fingerprint density at radius 1 is 1.20 bits per heavy atom. The number of nitrogens with one attached hydrogen (secondary N) is 1. The average molecular weight is 347 g/mol. The number of benzene rings is 1. The van der Waals surface area contributed by atoms with Crippen LogP contribution in [0.3, 0.4) is 0 Å². The molecule has 0 aliphatic rings. The second-order valence-corrected chi connectivity index (χ2v) is 6.18. The van der Waals surface area contributed by atoms with Crippen LogP contribution in [0.4, 0.5) is 0 Å². The molecular weight excluding hydrogens is 332 g/mol. The van der Waals surface area contributed by atoms with Crippen molar-refractivity contribution in [3.8, 4) is 0 Å². The lowest BCUT2D eigenvalue weighted by Crippen LogP contribution is -2.22. The number of hydrogen-bond acceptors (Lipinski definition) is 3. The van der Waals surface area contributed by atoms with Crippen LogP contribution in [0.1, 0.15) is 24.1 Å². The highest BCUT2D eigenvalue weighted by Crippen LogP contribution is 2.34. The normalized spacial score (nSPS) is 12.7. The van der Waals surface area contributed by atoms with Gasteiger partial charge in [0.2, 0.25) is 0 Å². The Bertz CT molecular complexity index is 718. The fourth-order valence-corrected chi connectivity index (χ4v) is 4.02. The van der Waals surface area contributed by atoms with Crippen molar-refractivity contribution in [2.75, 3.05) is 6.54 Å². The summed E-state index contributed by atoms with van der Waals surface area (Å²) in [5, 5.41) is 9.12. The summed E-state index contributed by atoms with van der Waals surface area (Å²) in [4.78, 5) is 4.45. The smallest absolute Gasteiger partial charge is 0.0705 e. The lowest BCUT2D eigenvalue weighted by atomic mass is 9.97. The zero-order valence-corrected chi connectivity index (χ0v) is 13.5. The fourth-order valence-electron chi connectivity index (χ4n) is 2.47. The van der Waals surface area contributed by atoms with E-state index in [1.807, 2.05) is 12.3 Å². The Hall–Kier alpha value is -1.23. The second-order valence-electron chi connectivity index (χ2n) is 4.58. The molecule has 2 nitrogen and oxygen atoms in total. The standard InChI is InChI=1S/C16H15BrN2S/c1-2-18-16(13-9-20-10-14(13)17)12-5-3-7-15-11(12)6-4-8-19-15/h3-10,16,18H,2H2,1H3.